The molecule has 1 heterocycles. The maximum absolute atomic E-state index is 5.41. The maximum Gasteiger partial charge on any atom is 0.227 e. The third-order valence-corrected chi connectivity index (χ3v) is 2.56. The lowest BCUT2D eigenvalue weighted by molar-refractivity contribution is 0.373. The fourth-order valence-electron chi connectivity index (χ4n) is 1.61. The van der Waals surface area contributed by atoms with Crippen LogP contribution >= 0.6 is 0 Å². The number of aryl methyl sites for hydroxylation is 3. The normalized spacial score (nSPS) is 10.6. The van der Waals surface area contributed by atoms with Crippen LogP contribution in [0.5, 0.6) is 0 Å². The van der Waals surface area contributed by atoms with Gasteiger partial charge in [0.2, 0.25) is 5.89 Å². The van der Waals surface area contributed by atoms with Crippen molar-refractivity contribution in [2.75, 3.05) is 0 Å². The lowest BCUT2D eigenvalue weighted by atomic mass is 10.0. The number of hydrogen-bond donors (Lipinski definition) is 1. The molecular formula is C12H15N3O. The standard InChI is InChI=1S/C12H15N3O/c1-9-4-2-3-5-10(9)6-7-12-14-11(8-13)15-16-12/h2-5H,6-8,13H2,1H3. The zero-order valence-electron chi connectivity index (χ0n) is 9.31. The number of hydrogen-bond acceptors (Lipinski definition) is 4. The topological polar surface area (TPSA) is 64.9 Å². The molecule has 2 N–H and O–H groups in total. The molecule has 0 aliphatic rings. The first-order chi connectivity index (χ1) is 7.79. The highest BCUT2D eigenvalue weighted by molar-refractivity contribution is 5.25. The van der Waals surface area contributed by atoms with E-state index in [0.717, 1.165) is 12.8 Å². The summed E-state index contributed by atoms with van der Waals surface area (Å²) in [5.74, 6) is 1.23. The summed E-state index contributed by atoms with van der Waals surface area (Å²) in [5.41, 5.74) is 8.02. The van der Waals surface area contributed by atoms with Crippen molar-refractivity contribution in [1.82, 2.24) is 10.1 Å². The molecule has 0 aliphatic carbocycles. The van der Waals surface area contributed by atoms with Gasteiger partial charge in [-0.1, -0.05) is 29.4 Å². The van der Waals surface area contributed by atoms with Gasteiger partial charge in [0, 0.05) is 6.42 Å². The molecule has 0 fully saturated rings. The van der Waals surface area contributed by atoms with Crippen molar-refractivity contribution < 1.29 is 4.52 Å². The molecule has 2 rings (SSSR count). The summed E-state index contributed by atoms with van der Waals surface area (Å²) in [5, 5.41) is 3.76. The Morgan fingerprint density at radius 1 is 1.25 bits per heavy atom. The lowest BCUT2D eigenvalue weighted by Crippen LogP contribution is -1.99. The number of nitrogens with two attached hydrogens (primary N) is 1. The van der Waals surface area contributed by atoms with Crippen LogP contribution in [0.4, 0.5) is 0 Å². The third kappa shape index (κ3) is 2.46. The van der Waals surface area contributed by atoms with E-state index in [4.69, 9.17) is 10.3 Å². The highest BCUT2D eigenvalue weighted by atomic mass is 16.5. The van der Waals surface area contributed by atoms with Crippen molar-refractivity contribution in [3.8, 4) is 0 Å². The minimum Gasteiger partial charge on any atom is -0.339 e. The molecule has 1 aromatic heterocycles. The van der Waals surface area contributed by atoms with E-state index in [-0.39, 0.29) is 0 Å². The summed E-state index contributed by atoms with van der Waals surface area (Å²) in [7, 11) is 0. The van der Waals surface area contributed by atoms with Crippen LogP contribution in [0.25, 0.3) is 0 Å². The molecule has 2 aromatic rings. The summed E-state index contributed by atoms with van der Waals surface area (Å²) >= 11 is 0. The van der Waals surface area contributed by atoms with E-state index >= 15 is 0 Å². The van der Waals surface area contributed by atoms with Crippen molar-refractivity contribution in [3.63, 3.8) is 0 Å². The smallest absolute Gasteiger partial charge is 0.227 e. The first-order valence-electron chi connectivity index (χ1n) is 5.35. The second-order valence-electron chi connectivity index (χ2n) is 3.73. The van der Waals surface area contributed by atoms with Crippen LogP contribution in [0.15, 0.2) is 28.8 Å². The SMILES string of the molecule is Cc1ccccc1CCc1nc(CN)no1. The van der Waals surface area contributed by atoms with E-state index < -0.39 is 0 Å². The molecule has 0 aliphatic heterocycles. The Morgan fingerprint density at radius 2 is 2.06 bits per heavy atom. The highest BCUT2D eigenvalue weighted by Crippen LogP contribution is 2.10. The average molecular weight is 217 g/mol. The van der Waals surface area contributed by atoms with Gasteiger partial charge in [0.15, 0.2) is 5.82 Å². The fourth-order valence-corrected chi connectivity index (χ4v) is 1.61. The largest absolute Gasteiger partial charge is 0.339 e. The van der Waals surface area contributed by atoms with E-state index in [1.165, 1.54) is 11.1 Å². The molecule has 4 heteroatoms. The molecule has 0 saturated heterocycles. The highest BCUT2D eigenvalue weighted by Gasteiger charge is 2.05. The van der Waals surface area contributed by atoms with Crippen molar-refractivity contribution in [2.45, 2.75) is 26.3 Å². The van der Waals surface area contributed by atoms with E-state index in [1.807, 2.05) is 12.1 Å². The Morgan fingerprint density at radius 3 is 2.75 bits per heavy atom. The van der Waals surface area contributed by atoms with Gasteiger partial charge in [-0.25, -0.2) is 0 Å². The van der Waals surface area contributed by atoms with E-state index in [0.29, 0.717) is 18.3 Å². The minimum absolute atomic E-state index is 0.327. The quantitative estimate of drug-likeness (QED) is 0.845. The van der Waals surface area contributed by atoms with Crippen molar-refractivity contribution in [3.05, 3.63) is 47.1 Å². The lowest BCUT2D eigenvalue weighted by Gasteiger charge is -2.02. The van der Waals surface area contributed by atoms with Gasteiger partial charge in [0.1, 0.15) is 0 Å². The van der Waals surface area contributed by atoms with Gasteiger partial charge in [0.05, 0.1) is 6.54 Å². The number of benzene rings is 1. The molecule has 0 saturated carbocycles. The molecule has 0 atom stereocenters. The molecule has 4 nitrogen and oxygen atoms in total. The molecule has 0 amide bonds. The predicted octanol–water partition coefficient (Wildman–Crippen LogP) is 1.62. The van der Waals surface area contributed by atoms with Crippen LogP contribution in [-0.2, 0) is 19.4 Å². The number of aromatic nitrogens is 2. The summed E-state index contributed by atoms with van der Waals surface area (Å²) in [6, 6.07) is 8.31. The van der Waals surface area contributed by atoms with Crippen LogP contribution < -0.4 is 5.73 Å². The van der Waals surface area contributed by atoms with E-state index in [1.54, 1.807) is 0 Å². The molecule has 0 bridgehead atoms. The molecule has 84 valence electrons. The van der Waals surface area contributed by atoms with Gasteiger partial charge in [-0.15, -0.1) is 0 Å². The zero-order valence-corrected chi connectivity index (χ0v) is 9.31. The molecule has 16 heavy (non-hydrogen) atoms. The van der Waals surface area contributed by atoms with Crippen molar-refractivity contribution in [1.29, 1.82) is 0 Å². The Hall–Kier alpha value is -1.68. The van der Waals surface area contributed by atoms with Crippen LogP contribution in [0, 0.1) is 6.92 Å². The van der Waals surface area contributed by atoms with E-state index in [9.17, 15) is 0 Å². The molecular weight excluding hydrogens is 202 g/mol. The average Bonchev–Trinajstić information content (AvgIpc) is 2.76. The number of rotatable bonds is 4. The number of nitrogens with zero attached hydrogens (tertiary/aromatic N) is 2. The Balaban J connectivity index is 1.99. The van der Waals surface area contributed by atoms with Gasteiger partial charge in [-0.2, -0.15) is 4.98 Å². The first-order valence-corrected chi connectivity index (χ1v) is 5.35. The summed E-state index contributed by atoms with van der Waals surface area (Å²) in [6.45, 7) is 2.43. The van der Waals surface area contributed by atoms with Gasteiger partial charge in [-0.05, 0) is 24.5 Å². The van der Waals surface area contributed by atoms with Crippen LogP contribution in [0.1, 0.15) is 22.8 Å². The Labute approximate surface area is 94.5 Å². The fraction of sp³-hybridized carbons (Fsp3) is 0.333. The van der Waals surface area contributed by atoms with Gasteiger partial charge < -0.3 is 10.3 Å². The second-order valence-corrected chi connectivity index (χ2v) is 3.73. The predicted molar refractivity (Wildman–Crippen MR) is 60.8 cm³/mol. The maximum atomic E-state index is 5.41. The van der Waals surface area contributed by atoms with E-state index in [2.05, 4.69) is 29.2 Å². The van der Waals surface area contributed by atoms with Crippen LogP contribution in [0.2, 0.25) is 0 Å². The second kappa shape index (κ2) is 4.90. The minimum atomic E-state index is 0.327. The molecule has 0 radical (unpaired) electrons. The monoisotopic (exact) mass is 217 g/mol. The zero-order chi connectivity index (χ0) is 11.4. The van der Waals surface area contributed by atoms with Crippen molar-refractivity contribution in [2.24, 2.45) is 5.73 Å². The Bertz CT molecular complexity index is 465. The molecule has 1 aromatic carbocycles. The van der Waals surface area contributed by atoms with Gasteiger partial charge >= 0.3 is 0 Å². The molecule has 0 spiro atoms. The van der Waals surface area contributed by atoms with Gasteiger partial charge in [-0.3, -0.25) is 0 Å². The van der Waals surface area contributed by atoms with Crippen molar-refractivity contribution >= 4 is 0 Å². The Kier molecular flexibility index (Phi) is 3.31. The van der Waals surface area contributed by atoms with Crippen LogP contribution in [0.3, 0.4) is 0 Å². The summed E-state index contributed by atoms with van der Waals surface area (Å²) in [6.07, 6.45) is 1.68. The molecule has 0 unspecified atom stereocenters. The first kappa shape index (κ1) is 10.8. The summed E-state index contributed by atoms with van der Waals surface area (Å²) in [4.78, 5) is 4.17. The van der Waals surface area contributed by atoms with Crippen LogP contribution in [-0.4, -0.2) is 10.1 Å². The third-order valence-electron chi connectivity index (χ3n) is 2.56. The van der Waals surface area contributed by atoms with Gasteiger partial charge in [0.25, 0.3) is 0 Å². The summed E-state index contributed by atoms with van der Waals surface area (Å²) < 4.78 is 5.08.